The lowest BCUT2D eigenvalue weighted by molar-refractivity contribution is -0.862. The predicted molar refractivity (Wildman–Crippen MR) is 102 cm³/mol. The molecule has 0 saturated heterocycles. The van der Waals surface area contributed by atoms with E-state index in [0.717, 1.165) is 4.90 Å². The second-order valence-electron chi connectivity index (χ2n) is 6.08. The maximum Gasteiger partial charge on any atom is 0.279 e. The molecule has 0 aliphatic carbocycles. The molecule has 0 saturated carbocycles. The van der Waals surface area contributed by atoms with E-state index in [9.17, 15) is 14.4 Å². The average molecular weight is 371 g/mol. The van der Waals surface area contributed by atoms with Gasteiger partial charge >= 0.3 is 0 Å². The summed E-state index contributed by atoms with van der Waals surface area (Å²) in [5, 5.41) is 5.49. The Bertz CT molecular complexity index is 821. The Labute approximate surface area is 157 Å². The van der Waals surface area contributed by atoms with Crippen LogP contribution in [0.4, 0.5) is 11.4 Å². The number of primary amides is 1. The second kappa shape index (κ2) is 9.35. The number of ether oxygens (including phenoxy) is 1. The molecule has 27 heavy (non-hydrogen) atoms. The number of rotatable bonds is 8. The fraction of sp³-hybridized carbons (Fsp3) is 0.211. The van der Waals surface area contributed by atoms with Crippen molar-refractivity contribution in [3.05, 3.63) is 54.1 Å². The highest BCUT2D eigenvalue weighted by Gasteiger charge is 2.15. The third-order valence-corrected chi connectivity index (χ3v) is 3.73. The van der Waals surface area contributed by atoms with Gasteiger partial charge in [-0.3, -0.25) is 14.4 Å². The topological polar surface area (TPSA) is 115 Å². The number of hydrogen-bond acceptors (Lipinski definition) is 4. The number of amides is 3. The number of nitrogens with two attached hydrogens (primary N) is 1. The van der Waals surface area contributed by atoms with Crippen molar-refractivity contribution in [2.45, 2.75) is 0 Å². The van der Waals surface area contributed by atoms with E-state index >= 15 is 0 Å². The van der Waals surface area contributed by atoms with Crippen molar-refractivity contribution in [1.82, 2.24) is 0 Å². The summed E-state index contributed by atoms with van der Waals surface area (Å²) < 4.78 is 5.11. The van der Waals surface area contributed by atoms with Gasteiger partial charge in [-0.25, -0.2) is 0 Å². The van der Waals surface area contributed by atoms with E-state index in [1.165, 1.54) is 12.1 Å². The smallest absolute Gasteiger partial charge is 0.279 e. The van der Waals surface area contributed by atoms with Crippen LogP contribution in [0.2, 0.25) is 0 Å². The highest BCUT2D eigenvalue weighted by atomic mass is 16.5. The lowest BCUT2D eigenvalue weighted by atomic mass is 10.2. The van der Waals surface area contributed by atoms with Gasteiger partial charge in [0, 0.05) is 23.0 Å². The molecular weight excluding hydrogens is 348 g/mol. The Hall–Kier alpha value is -3.39. The van der Waals surface area contributed by atoms with E-state index in [1.54, 1.807) is 50.6 Å². The normalized spacial score (nSPS) is 11.3. The summed E-state index contributed by atoms with van der Waals surface area (Å²) in [6, 6.07) is 13.3. The molecule has 0 fully saturated rings. The summed E-state index contributed by atoms with van der Waals surface area (Å²) in [5.74, 6) is -0.331. The van der Waals surface area contributed by atoms with Crippen LogP contribution in [0.5, 0.6) is 5.75 Å². The van der Waals surface area contributed by atoms with Crippen molar-refractivity contribution in [2.75, 3.05) is 37.9 Å². The number of nitrogens with one attached hydrogen (secondary N) is 3. The van der Waals surface area contributed by atoms with E-state index in [1.807, 2.05) is 0 Å². The molecule has 8 heteroatoms. The van der Waals surface area contributed by atoms with Crippen LogP contribution in [0.1, 0.15) is 10.4 Å². The van der Waals surface area contributed by atoms with E-state index in [-0.39, 0.29) is 24.9 Å². The molecule has 0 aromatic heterocycles. The zero-order valence-electron chi connectivity index (χ0n) is 15.2. The first-order valence-electron chi connectivity index (χ1n) is 8.32. The quantitative estimate of drug-likeness (QED) is 0.518. The minimum absolute atomic E-state index is 0.114. The molecule has 1 unspecified atom stereocenters. The van der Waals surface area contributed by atoms with Crippen LogP contribution in [0.3, 0.4) is 0 Å². The Morgan fingerprint density at radius 3 is 2.11 bits per heavy atom. The van der Waals surface area contributed by atoms with Crippen molar-refractivity contribution in [2.24, 2.45) is 5.73 Å². The summed E-state index contributed by atoms with van der Waals surface area (Å²) >= 11 is 0. The molecule has 0 heterocycles. The summed E-state index contributed by atoms with van der Waals surface area (Å²) in [6.45, 7) is 0.244. The van der Waals surface area contributed by atoms with Gasteiger partial charge in [0.1, 0.15) is 5.75 Å². The van der Waals surface area contributed by atoms with Gasteiger partial charge in [-0.15, -0.1) is 0 Å². The first-order chi connectivity index (χ1) is 12.9. The van der Waals surface area contributed by atoms with E-state index < -0.39 is 5.91 Å². The fourth-order valence-electron chi connectivity index (χ4n) is 2.44. The number of carbonyl (C=O) groups is 3. The minimum atomic E-state index is -0.529. The van der Waals surface area contributed by atoms with Gasteiger partial charge in [-0.1, -0.05) is 6.07 Å². The van der Waals surface area contributed by atoms with Gasteiger partial charge in [-0.05, 0) is 36.4 Å². The Morgan fingerprint density at radius 1 is 0.963 bits per heavy atom. The number of carbonyl (C=O) groups excluding carboxylic acids is 3. The van der Waals surface area contributed by atoms with Crippen LogP contribution in [0, 0.1) is 0 Å². The molecule has 5 N–H and O–H groups in total. The molecule has 0 bridgehead atoms. The molecule has 142 valence electrons. The molecule has 2 aromatic rings. The molecule has 0 aliphatic rings. The van der Waals surface area contributed by atoms with Gasteiger partial charge in [0.15, 0.2) is 13.1 Å². The largest absolute Gasteiger partial charge is 0.497 e. The van der Waals surface area contributed by atoms with Crippen molar-refractivity contribution in [3.8, 4) is 5.75 Å². The average Bonchev–Trinajstić information content (AvgIpc) is 2.61. The van der Waals surface area contributed by atoms with Crippen LogP contribution < -0.4 is 26.0 Å². The molecular formula is C19H23N4O4+. The molecule has 3 amide bonds. The van der Waals surface area contributed by atoms with Crippen LogP contribution >= 0.6 is 0 Å². The number of anilines is 2. The summed E-state index contributed by atoms with van der Waals surface area (Å²) in [6.07, 6.45) is 0. The predicted octanol–water partition coefficient (Wildman–Crippen LogP) is -0.114. The zero-order valence-corrected chi connectivity index (χ0v) is 15.2. The molecule has 0 aliphatic heterocycles. The van der Waals surface area contributed by atoms with Gasteiger partial charge in [-0.2, -0.15) is 0 Å². The van der Waals surface area contributed by atoms with Gasteiger partial charge in [0.2, 0.25) is 5.91 Å². The van der Waals surface area contributed by atoms with E-state index in [2.05, 4.69) is 10.6 Å². The summed E-state index contributed by atoms with van der Waals surface area (Å²) in [7, 11) is 3.31. The van der Waals surface area contributed by atoms with Crippen LogP contribution in [-0.4, -0.2) is 45.0 Å². The third kappa shape index (κ3) is 6.44. The van der Waals surface area contributed by atoms with E-state index in [4.69, 9.17) is 10.5 Å². The maximum absolute atomic E-state index is 12.1. The third-order valence-electron chi connectivity index (χ3n) is 3.73. The second-order valence-corrected chi connectivity index (χ2v) is 6.08. The number of quaternary nitrogens is 1. The fourth-order valence-corrected chi connectivity index (χ4v) is 2.44. The lowest BCUT2D eigenvalue weighted by Crippen LogP contribution is -3.11. The molecule has 0 spiro atoms. The monoisotopic (exact) mass is 371 g/mol. The Morgan fingerprint density at radius 2 is 1.56 bits per heavy atom. The lowest BCUT2D eigenvalue weighted by Gasteiger charge is -2.14. The Balaban J connectivity index is 1.81. The first-order valence-corrected chi connectivity index (χ1v) is 8.32. The molecule has 2 rings (SSSR count). The maximum atomic E-state index is 12.1. The summed E-state index contributed by atoms with van der Waals surface area (Å²) in [4.78, 5) is 36.0. The number of likely N-dealkylation sites (N-methyl/N-ethyl adjacent to an activating group) is 1. The molecule has 8 nitrogen and oxygen atoms in total. The van der Waals surface area contributed by atoms with Gasteiger partial charge < -0.3 is 26.0 Å². The van der Waals surface area contributed by atoms with Crippen molar-refractivity contribution in [1.29, 1.82) is 0 Å². The molecule has 0 radical (unpaired) electrons. The standard InChI is InChI=1S/C19H22N4O4/c1-23(12-18(25)22-15-4-3-5-16(10-15)27-2)11-17(24)21-14-8-6-13(7-9-14)19(20)26/h3-10H,11-12H2,1-2H3,(H2,20,26)(H,21,24)(H,22,25)/p+1. The van der Waals surface area contributed by atoms with E-state index in [0.29, 0.717) is 22.7 Å². The highest BCUT2D eigenvalue weighted by molar-refractivity contribution is 5.95. The van der Waals surface area contributed by atoms with Crippen LogP contribution in [0.15, 0.2) is 48.5 Å². The zero-order chi connectivity index (χ0) is 19.8. The molecule has 2 aromatic carbocycles. The van der Waals surface area contributed by atoms with Crippen LogP contribution in [-0.2, 0) is 9.59 Å². The van der Waals surface area contributed by atoms with Crippen molar-refractivity contribution >= 4 is 29.1 Å². The number of benzene rings is 2. The molecule has 1 atom stereocenters. The van der Waals surface area contributed by atoms with Gasteiger partial charge in [0.25, 0.3) is 11.8 Å². The van der Waals surface area contributed by atoms with Crippen molar-refractivity contribution < 1.29 is 24.0 Å². The first kappa shape index (κ1) is 19.9. The van der Waals surface area contributed by atoms with Crippen molar-refractivity contribution in [3.63, 3.8) is 0 Å². The van der Waals surface area contributed by atoms with Gasteiger partial charge in [0.05, 0.1) is 14.2 Å². The number of methoxy groups -OCH3 is 1. The Kier molecular flexibility index (Phi) is 6.90. The minimum Gasteiger partial charge on any atom is -0.497 e. The highest BCUT2D eigenvalue weighted by Crippen LogP contribution is 2.16. The summed E-state index contributed by atoms with van der Waals surface area (Å²) in [5.41, 5.74) is 6.72. The van der Waals surface area contributed by atoms with Crippen LogP contribution in [0.25, 0.3) is 0 Å². The SMILES string of the molecule is COc1cccc(NC(=O)C[NH+](C)CC(=O)Nc2ccc(C(N)=O)cc2)c1. The number of hydrogen-bond donors (Lipinski definition) is 4.